The van der Waals surface area contributed by atoms with E-state index in [4.69, 9.17) is 26.2 Å². The average Bonchev–Trinajstić information content (AvgIpc) is 2.94. The number of ether oxygens (including phenoxy) is 2. The van der Waals surface area contributed by atoms with Crippen LogP contribution in [-0.4, -0.2) is 63.1 Å². The van der Waals surface area contributed by atoms with Crippen LogP contribution < -0.4 is 5.32 Å². The van der Waals surface area contributed by atoms with Crippen molar-refractivity contribution in [1.29, 1.82) is 0 Å². The molecule has 0 bridgehead atoms. The zero-order valence-corrected chi connectivity index (χ0v) is 14.4. The molecule has 1 fully saturated rings. The molecule has 132 valence electrons. The van der Waals surface area contributed by atoms with Crippen LogP contribution in [0.4, 0.5) is 0 Å². The van der Waals surface area contributed by atoms with Crippen molar-refractivity contribution >= 4 is 33.5 Å². The molecule has 0 aromatic rings. The van der Waals surface area contributed by atoms with Gasteiger partial charge < -0.3 is 35.2 Å². The second kappa shape index (κ2) is 6.66. The molecule has 2 heterocycles. The zero-order chi connectivity index (χ0) is 17.6. The molecule has 6 atom stereocenters. The third kappa shape index (κ3) is 2.96. The molecule has 10 heteroatoms. The summed E-state index contributed by atoms with van der Waals surface area (Å²) in [6.45, 7) is 0. The standard InChI is InChI=1S/C14H15BrClNO7/c15-4-1-2-5-7(8(4)16)6(3-17-5)23-14-11(20)9(18)10(19)12(24-14)13(21)22/h1,3,5,9-12,14,17-20H,2H2,(H,21,22)/t5?,9-,10-,11+,12-,14+/m0/s1. The SMILES string of the molecule is O=C(O)[C@H]1O[C@@H](OC2=CNC3CC=C(Br)C(Cl)=C23)[C@H](O)[C@@H](O)[C@@H]1O. The summed E-state index contributed by atoms with van der Waals surface area (Å²) in [5.41, 5.74) is 0.634. The molecule has 2 aliphatic heterocycles. The van der Waals surface area contributed by atoms with Gasteiger partial charge in [-0.3, -0.25) is 0 Å². The Bertz CT molecular complexity index is 649. The molecule has 0 amide bonds. The lowest BCUT2D eigenvalue weighted by molar-refractivity contribution is -0.283. The van der Waals surface area contributed by atoms with Gasteiger partial charge in [0.25, 0.3) is 0 Å². The number of fused-ring (bicyclic) bond motifs is 1. The maximum Gasteiger partial charge on any atom is 0.335 e. The van der Waals surface area contributed by atoms with E-state index in [1.165, 1.54) is 6.20 Å². The van der Waals surface area contributed by atoms with Crippen molar-refractivity contribution in [3.05, 3.63) is 33.1 Å². The largest absolute Gasteiger partial charge is 0.479 e. The van der Waals surface area contributed by atoms with Gasteiger partial charge in [0.05, 0.1) is 11.1 Å². The number of nitrogens with one attached hydrogen (secondary N) is 1. The van der Waals surface area contributed by atoms with Crippen LogP contribution in [0.2, 0.25) is 0 Å². The summed E-state index contributed by atoms with van der Waals surface area (Å²) in [4.78, 5) is 11.1. The minimum atomic E-state index is -1.77. The summed E-state index contributed by atoms with van der Waals surface area (Å²) in [5, 5.41) is 42.0. The Morgan fingerprint density at radius 2 is 2.04 bits per heavy atom. The predicted octanol–water partition coefficient (Wildman–Crippen LogP) is -0.116. The highest BCUT2D eigenvalue weighted by Crippen LogP contribution is 2.39. The maximum atomic E-state index is 11.1. The summed E-state index contributed by atoms with van der Waals surface area (Å²) in [6, 6.07) is -0.111. The molecule has 0 spiro atoms. The number of hydrogen-bond donors (Lipinski definition) is 5. The van der Waals surface area contributed by atoms with Gasteiger partial charge in [0, 0.05) is 16.3 Å². The van der Waals surface area contributed by atoms with Crippen LogP contribution in [0.5, 0.6) is 0 Å². The summed E-state index contributed by atoms with van der Waals surface area (Å²) in [7, 11) is 0. The Labute approximate surface area is 150 Å². The van der Waals surface area contributed by atoms with E-state index in [-0.39, 0.29) is 11.8 Å². The molecule has 0 saturated carbocycles. The Hall–Kier alpha value is -1.10. The van der Waals surface area contributed by atoms with Crippen LogP contribution >= 0.6 is 27.5 Å². The molecule has 1 unspecified atom stereocenters. The molecule has 1 saturated heterocycles. The lowest BCUT2D eigenvalue weighted by Gasteiger charge is -2.38. The van der Waals surface area contributed by atoms with Crippen molar-refractivity contribution in [2.45, 2.75) is 43.2 Å². The van der Waals surface area contributed by atoms with Crippen LogP contribution in [0.3, 0.4) is 0 Å². The van der Waals surface area contributed by atoms with Crippen molar-refractivity contribution in [1.82, 2.24) is 5.32 Å². The van der Waals surface area contributed by atoms with Crippen molar-refractivity contribution in [3.63, 3.8) is 0 Å². The highest BCUT2D eigenvalue weighted by Gasteiger charge is 2.48. The Balaban J connectivity index is 1.81. The fraction of sp³-hybridized carbons (Fsp3) is 0.500. The van der Waals surface area contributed by atoms with Gasteiger partial charge in [0.15, 0.2) is 6.10 Å². The maximum absolute atomic E-state index is 11.1. The number of aliphatic hydroxyl groups is 3. The molecule has 5 N–H and O–H groups in total. The number of allylic oxidation sites excluding steroid dienone is 2. The highest BCUT2D eigenvalue weighted by atomic mass is 79.9. The van der Waals surface area contributed by atoms with Gasteiger partial charge in [-0.25, -0.2) is 4.79 Å². The van der Waals surface area contributed by atoms with Crippen LogP contribution in [0.15, 0.2) is 33.1 Å². The van der Waals surface area contributed by atoms with E-state index in [1.54, 1.807) is 0 Å². The van der Waals surface area contributed by atoms with E-state index < -0.39 is 36.7 Å². The lowest BCUT2D eigenvalue weighted by atomic mass is 9.98. The normalized spacial score (nSPS) is 38.9. The molecule has 0 aromatic heterocycles. The van der Waals surface area contributed by atoms with Gasteiger partial charge in [-0.2, -0.15) is 0 Å². The topological polar surface area (TPSA) is 128 Å². The predicted molar refractivity (Wildman–Crippen MR) is 84.9 cm³/mol. The molecule has 8 nitrogen and oxygen atoms in total. The Morgan fingerprint density at radius 1 is 1.33 bits per heavy atom. The number of hydrogen-bond acceptors (Lipinski definition) is 7. The monoisotopic (exact) mass is 423 g/mol. The summed E-state index contributed by atoms with van der Waals surface area (Å²) < 4.78 is 11.3. The van der Waals surface area contributed by atoms with E-state index >= 15 is 0 Å². The number of rotatable bonds is 3. The zero-order valence-electron chi connectivity index (χ0n) is 12.1. The molecule has 0 aromatic carbocycles. The van der Waals surface area contributed by atoms with Crippen LogP contribution in [-0.2, 0) is 14.3 Å². The minimum absolute atomic E-state index is 0.111. The smallest absolute Gasteiger partial charge is 0.335 e. The molecule has 3 aliphatic rings. The number of aliphatic hydroxyl groups excluding tert-OH is 3. The quantitative estimate of drug-likeness (QED) is 0.424. The number of carboxylic acid groups (broad SMARTS) is 1. The van der Waals surface area contributed by atoms with E-state index in [0.717, 1.165) is 0 Å². The van der Waals surface area contributed by atoms with E-state index in [1.807, 2.05) is 6.08 Å². The van der Waals surface area contributed by atoms with Gasteiger partial charge in [-0.1, -0.05) is 17.7 Å². The molecular formula is C14H15BrClNO7. The number of carbonyl (C=O) groups is 1. The second-order valence-electron chi connectivity index (χ2n) is 5.60. The van der Waals surface area contributed by atoms with Crippen molar-refractivity contribution in [2.24, 2.45) is 0 Å². The minimum Gasteiger partial charge on any atom is -0.479 e. The van der Waals surface area contributed by atoms with Crippen molar-refractivity contribution < 1.29 is 34.7 Å². The van der Waals surface area contributed by atoms with Crippen molar-refractivity contribution in [3.8, 4) is 0 Å². The molecule has 24 heavy (non-hydrogen) atoms. The summed E-state index contributed by atoms with van der Waals surface area (Å²) in [5.74, 6) is -1.20. The van der Waals surface area contributed by atoms with Gasteiger partial charge in [0.2, 0.25) is 6.29 Å². The fourth-order valence-corrected chi connectivity index (χ4v) is 3.47. The van der Waals surface area contributed by atoms with Crippen LogP contribution in [0.1, 0.15) is 6.42 Å². The first kappa shape index (κ1) is 17.7. The first-order valence-corrected chi connectivity index (χ1v) is 8.29. The van der Waals surface area contributed by atoms with Gasteiger partial charge in [0.1, 0.15) is 24.1 Å². The molecule has 3 rings (SSSR count). The van der Waals surface area contributed by atoms with Crippen LogP contribution in [0, 0.1) is 0 Å². The van der Waals surface area contributed by atoms with E-state index in [0.29, 0.717) is 21.5 Å². The lowest BCUT2D eigenvalue weighted by Crippen LogP contribution is -2.60. The summed E-state index contributed by atoms with van der Waals surface area (Å²) >= 11 is 9.59. The van der Waals surface area contributed by atoms with E-state index in [2.05, 4.69) is 21.2 Å². The third-order valence-corrected chi connectivity index (χ3v) is 5.42. The highest BCUT2D eigenvalue weighted by molar-refractivity contribution is 9.12. The number of carboxylic acids is 1. The molecular weight excluding hydrogens is 410 g/mol. The number of aliphatic carboxylic acids is 1. The third-order valence-electron chi connectivity index (χ3n) is 4.06. The van der Waals surface area contributed by atoms with Gasteiger partial charge >= 0.3 is 5.97 Å². The van der Waals surface area contributed by atoms with E-state index in [9.17, 15) is 20.1 Å². The van der Waals surface area contributed by atoms with Crippen molar-refractivity contribution in [2.75, 3.05) is 0 Å². The average molecular weight is 425 g/mol. The van der Waals surface area contributed by atoms with Crippen LogP contribution in [0.25, 0.3) is 0 Å². The Morgan fingerprint density at radius 3 is 2.71 bits per heavy atom. The first-order chi connectivity index (χ1) is 11.3. The summed E-state index contributed by atoms with van der Waals surface area (Å²) in [6.07, 6.45) is -4.23. The van der Waals surface area contributed by atoms with Gasteiger partial charge in [-0.15, -0.1) is 0 Å². The second-order valence-corrected chi connectivity index (χ2v) is 6.83. The van der Waals surface area contributed by atoms with Gasteiger partial charge in [-0.05, 0) is 22.4 Å². The molecule has 0 radical (unpaired) electrons. The fourth-order valence-electron chi connectivity index (χ4n) is 2.77. The Kier molecular flexibility index (Phi) is 4.92. The first-order valence-electron chi connectivity index (χ1n) is 7.12. The number of halogens is 2. The molecule has 1 aliphatic carbocycles.